The van der Waals surface area contributed by atoms with Crippen LogP contribution in [0.15, 0.2) is 54.6 Å². The molecule has 0 fully saturated rings. The van der Waals surface area contributed by atoms with Crippen molar-refractivity contribution >= 4 is 12.4 Å². The second kappa shape index (κ2) is 6.94. The van der Waals surface area contributed by atoms with E-state index in [1.54, 1.807) is 0 Å². The number of benzene rings is 2. The van der Waals surface area contributed by atoms with E-state index in [4.69, 9.17) is 10.5 Å². The Morgan fingerprint density at radius 3 is 2.24 bits per heavy atom. The fourth-order valence-electron chi connectivity index (χ4n) is 1.55. The molecule has 0 radical (unpaired) electrons. The zero-order valence-electron chi connectivity index (χ0n) is 9.50. The van der Waals surface area contributed by atoms with E-state index < -0.39 is 0 Å². The summed E-state index contributed by atoms with van der Waals surface area (Å²) in [5, 5.41) is 0. The summed E-state index contributed by atoms with van der Waals surface area (Å²) in [6, 6.07) is 18.0. The lowest BCUT2D eigenvalue weighted by Crippen LogP contribution is -2.02. The molecule has 0 aromatic heterocycles. The summed E-state index contributed by atoms with van der Waals surface area (Å²) >= 11 is 0. The van der Waals surface area contributed by atoms with Crippen molar-refractivity contribution in [2.45, 2.75) is 13.2 Å². The summed E-state index contributed by atoms with van der Waals surface area (Å²) in [6.07, 6.45) is 0. The zero-order chi connectivity index (χ0) is 11.2. The highest BCUT2D eigenvalue weighted by atomic mass is 35.5. The number of halogens is 1. The molecular formula is C14H16ClNO. The van der Waals surface area contributed by atoms with E-state index in [2.05, 4.69) is 0 Å². The third-order valence-corrected chi connectivity index (χ3v) is 2.43. The summed E-state index contributed by atoms with van der Waals surface area (Å²) in [7, 11) is 0. The maximum Gasteiger partial charge on any atom is 0.124 e. The Bertz CT molecular complexity index is 445. The first-order valence-corrected chi connectivity index (χ1v) is 5.35. The quantitative estimate of drug-likeness (QED) is 0.904. The molecule has 2 N–H and O–H groups in total. The predicted octanol–water partition coefficient (Wildman–Crippen LogP) is 3.15. The van der Waals surface area contributed by atoms with Gasteiger partial charge in [-0.3, -0.25) is 0 Å². The van der Waals surface area contributed by atoms with Crippen LogP contribution in [0, 0.1) is 0 Å². The molecule has 2 aromatic rings. The van der Waals surface area contributed by atoms with Crippen LogP contribution < -0.4 is 10.5 Å². The number of para-hydroxylation sites is 1. The number of hydrogen-bond acceptors (Lipinski definition) is 2. The van der Waals surface area contributed by atoms with E-state index in [-0.39, 0.29) is 12.4 Å². The van der Waals surface area contributed by atoms with Crippen LogP contribution in [0.5, 0.6) is 5.75 Å². The molecule has 2 aromatic carbocycles. The molecule has 0 saturated heterocycles. The Kier molecular flexibility index (Phi) is 5.53. The molecule has 0 aliphatic rings. The molecule has 90 valence electrons. The molecule has 3 heteroatoms. The van der Waals surface area contributed by atoms with E-state index in [1.165, 1.54) is 0 Å². The van der Waals surface area contributed by atoms with E-state index in [0.717, 1.165) is 16.9 Å². The van der Waals surface area contributed by atoms with Crippen molar-refractivity contribution < 1.29 is 4.74 Å². The van der Waals surface area contributed by atoms with Gasteiger partial charge in [0.2, 0.25) is 0 Å². The minimum absolute atomic E-state index is 0. The minimum Gasteiger partial charge on any atom is -0.489 e. The van der Waals surface area contributed by atoms with Gasteiger partial charge in [0, 0.05) is 12.1 Å². The largest absolute Gasteiger partial charge is 0.489 e. The maximum atomic E-state index is 5.73. The van der Waals surface area contributed by atoms with Crippen molar-refractivity contribution in [2.24, 2.45) is 5.73 Å². The third-order valence-electron chi connectivity index (χ3n) is 2.43. The predicted molar refractivity (Wildman–Crippen MR) is 72.4 cm³/mol. The second-order valence-corrected chi connectivity index (χ2v) is 3.59. The van der Waals surface area contributed by atoms with Gasteiger partial charge in [-0.15, -0.1) is 12.4 Å². The monoisotopic (exact) mass is 249 g/mol. The topological polar surface area (TPSA) is 35.2 Å². The first-order valence-electron chi connectivity index (χ1n) is 5.35. The summed E-state index contributed by atoms with van der Waals surface area (Å²) in [5.41, 5.74) is 7.84. The van der Waals surface area contributed by atoms with Crippen molar-refractivity contribution in [3.8, 4) is 5.75 Å². The van der Waals surface area contributed by atoms with Crippen LogP contribution >= 0.6 is 12.4 Å². The van der Waals surface area contributed by atoms with Crippen LogP contribution in [0.1, 0.15) is 11.1 Å². The molecule has 0 atom stereocenters. The summed E-state index contributed by atoms with van der Waals surface area (Å²) in [5.74, 6) is 0.869. The molecule has 2 rings (SSSR count). The van der Waals surface area contributed by atoms with Crippen LogP contribution in [0.3, 0.4) is 0 Å². The van der Waals surface area contributed by atoms with Gasteiger partial charge in [0.25, 0.3) is 0 Å². The third kappa shape index (κ3) is 3.77. The van der Waals surface area contributed by atoms with Gasteiger partial charge >= 0.3 is 0 Å². The summed E-state index contributed by atoms with van der Waals surface area (Å²) in [6.45, 7) is 1.09. The summed E-state index contributed by atoms with van der Waals surface area (Å²) in [4.78, 5) is 0. The van der Waals surface area contributed by atoms with E-state index in [1.807, 2.05) is 54.6 Å². The van der Waals surface area contributed by atoms with Gasteiger partial charge < -0.3 is 10.5 Å². The molecule has 0 amide bonds. The second-order valence-electron chi connectivity index (χ2n) is 3.59. The fourth-order valence-corrected chi connectivity index (χ4v) is 1.55. The number of rotatable bonds is 4. The Hall–Kier alpha value is -1.51. The fraction of sp³-hybridized carbons (Fsp3) is 0.143. The molecule has 0 heterocycles. The SMILES string of the molecule is Cl.NCc1ccccc1OCc1ccccc1. The van der Waals surface area contributed by atoms with Gasteiger partial charge in [-0.05, 0) is 11.6 Å². The average Bonchev–Trinajstić information content (AvgIpc) is 2.38. The molecule has 0 aliphatic carbocycles. The maximum absolute atomic E-state index is 5.73. The number of nitrogens with two attached hydrogens (primary N) is 1. The van der Waals surface area contributed by atoms with E-state index in [0.29, 0.717) is 13.2 Å². The molecule has 2 nitrogen and oxygen atoms in total. The Morgan fingerprint density at radius 1 is 0.882 bits per heavy atom. The van der Waals surface area contributed by atoms with Gasteiger partial charge in [0.1, 0.15) is 12.4 Å². The van der Waals surface area contributed by atoms with Gasteiger partial charge in [-0.2, -0.15) is 0 Å². The van der Waals surface area contributed by atoms with Crippen molar-refractivity contribution in [1.82, 2.24) is 0 Å². The van der Waals surface area contributed by atoms with Gasteiger partial charge in [-0.25, -0.2) is 0 Å². The van der Waals surface area contributed by atoms with Gasteiger partial charge in [-0.1, -0.05) is 48.5 Å². The Balaban J connectivity index is 0.00000144. The lowest BCUT2D eigenvalue weighted by Gasteiger charge is -2.09. The molecule has 0 unspecified atom stereocenters. The van der Waals surface area contributed by atoms with Crippen molar-refractivity contribution in [3.63, 3.8) is 0 Å². The summed E-state index contributed by atoms with van der Waals surface area (Å²) < 4.78 is 5.73. The standard InChI is InChI=1S/C14H15NO.ClH/c15-10-13-8-4-5-9-14(13)16-11-12-6-2-1-3-7-12;/h1-9H,10-11,15H2;1H. The van der Waals surface area contributed by atoms with Gasteiger partial charge in [0.05, 0.1) is 0 Å². The highest BCUT2D eigenvalue weighted by Gasteiger charge is 2.00. The zero-order valence-corrected chi connectivity index (χ0v) is 10.3. The average molecular weight is 250 g/mol. The Labute approximate surface area is 108 Å². The minimum atomic E-state index is 0. The number of ether oxygens (including phenoxy) is 1. The number of hydrogen-bond donors (Lipinski definition) is 1. The molecular weight excluding hydrogens is 234 g/mol. The first-order chi connectivity index (χ1) is 7.90. The highest BCUT2D eigenvalue weighted by Crippen LogP contribution is 2.18. The first kappa shape index (κ1) is 13.6. The van der Waals surface area contributed by atoms with E-state index >= 15 is 0 Å². The van der Waals surface area contributed by atoms with Crippen LogP contribution in [0.2, 0.25) is 0 Å². The van der Waals surface area contributed by atoms with E-state index in [9.17, 15) is 0 Å². The van der Waals surface area contributed by atoms with Gasteiger partial charge in [0.15, 0.2) is 0 Å². The molecule has 0 aliphatic heterocycles. The lowest BCUT2D eigenvalue weighted by molar-refractivity contribution is 0.303. The normalized spacial score (nSPS) is 9.47. The molecule has 0 spiro atoms. The van der Waals surface area contributed by atoms with Crippen LogP contribution in [-0.2, 0) is 13.2 Å². The molecule has 0 saturated carbocycles. The lowest BCUT2D eigenvalue weighted by atomic mass is 10.2. The highest BCUT2D eigenvalue weighted by molar-refractivity contribution is 5.85. The van der Waals surface area contributed by atoms with Crippen molar-refractivity contribution in [3.05, 3.63) is 65.7 Å². The molecule has 0 bridgehead atoms. The Morgan fingerprint density at radius 2 is 1.53 bits per heavy atom. The smallest absolute Gasteiger partial charge is 0.124 e. The van der Waals surface area contributed by atoms with Crippen LogP contribution in [-0.4, -0.2) is 0 Å². The molecule has 17 heavy (non-hydrogen) atoms. The van der Waals surface area contributed by atoms with Crippen molar-refractivity contribution in [2.75, 3.05) is 0 Å². The van der Waals surface area contributed by atoms with Crippen LogP contribution in [0.4, 0.5) is 0 Å². The van der Waals surface area contributed by atoms with Crippen LogP contribution in [0.25, 0.3) is 0 Å². The van der Waals surface area contributed by atoms with Crippen molar-refractivity contribution in [1.29, 1.82) is 0 Å².